The van der Waals surface area contributed by atoms with E-state index in [0.29, 0.717) is 23.6 Å². The fourth-order valence-corrected chi connectivity index (χ4v) is 4.51. The molecule has 1 N–H and O–H groups in total. The minimum Gasteiger partial charge on any atom is -0.378 e. The van der Waals surface area contributed by atoms with E-state index in [9.17, 15) is 4.79 Å². The third-order valence-electron chi connectivity index (χ3n) is 5.97. The van der Waals surface area contributed by atoms with Gasteiger partial charge in [0.2, 0.25) is 0 Å². The van der Waals surface area contributed by atoms with Crippen LogP contribution in [0.2, 0.25) is 0 Å². The molecule has 0 unspecified atom stereocenters. The largest absolute Gasteiger partial charge is 0.378 e. The summed E-state index contributed by atoms with van der Waals surface area (Å²) in [5.74, 6) is 0.447. The van der Waals surface area contributed by atoms with Crippen LogP contribution < -0.4 is 5.32 Å². The molecule has 6 heteroatoms. The van der Waals surface area contributed by atoms with Gasteiger partial charge in [0.15, 0.2) is 5.65 Å². The number of carbonyl (C=O) groups is 1. The van der Waals surface area contributed by atoms with E-state index in [4.69, 9.17) is 4.74 Å². The third-order valence-corrected chi connectivity index (χ3v) is 5.97. The summed E-state index contributed by atoms with van der Waals surface area (Å²) in [6.07, 6.45) is 10.9. The number of nitrogens with one attached hydrogen (secondary N) is 1. The zero-order valence-electron chi connectivity index (χ0n) is 13.6. The van der Waals surface area contributed by atoms with Crippen molar-refractivity contribution in [1.29, 1.82) is 0 Å². The number of imidazole rings is 1. The summed E-state index contributed by atoms with van der Waals surface area (Å²) in [4.78, 5) is 21.5. The van der Waals surface area contributed by atoms with Gasteiger partial charge in [-0.3, -0.25) is 4.79 Å². The van der Waals surface area contributed by atoms with Crippen LogP contribution >= 0.6 is 0 Å². The zero-order chi connectivity index (χ0) is 16.1. The van der Waals surface area contributed by atoms with E-state index in [1.54, 1.807) is 6.20 Å². The van der Waals surface area contributed by atoms with Gasteiger partial charge in [-0.05, 0) is 31.7 Å². The van der Waals surface area contributed by atoms with Crippen molar-refractivity contribution in [1.82, 2.24) is 19.9 Å². The van der Waals surface area contributed by atoms with E-state index in [2.05, 4.69) is 19.9 Å². The quantitative estimate of drug-likeness (QED) is 0.941. The molecule has 2 saturated carbocycles. The summed E-state index contributed by atoms with van der Waals surface area (Å²) >= 11 is 0. The lowest BCUT2D eigenvalue weighted by molar-refractivity contribution is 0.00809. The molecule has 1 amide bonds. The highest BCUT2D eigenvalue weighted by Crippen LogP contribution is 2.38. The highest BCUT2D eigenvalue weighted by molar-refractivity contribution is 5.96. The Balaban J connectivity index is 1.34. The first-order valence-electron chi connectivity index (χ1n) is 9.04. The molecule has 126 valence electrons. The van der Waals surface area contributed by atoms with Crippen molar-refractivity contribution in [2.75, 3.05) is 6.61 Å². The second-order valence-electron chi connectivity index (χ2n) is 7.33. The van der Waals surface area contributed by atoms with Crippen molar-refractivity contribution in [3.63, 3.8) is 0 Å². The lowest BCUT2D eigenvalue weighted by atomic mass is 9.76. The molecular weight excluding hydrogens is 304 g/mol. The van der Waals surface area contributed by atoms with Crippen molar-refractivity contribution in [2.24, 2.45) is 5.92 Å². The van der Waals surface area contributed by atoms with Crippen molar-refractivity contribution < 1.29 is 9.53 Å². The maximum absolute atomic E-state index is 12.5. The van der Waals surface area contributed by atoms with Crippen LogP contribution in [-0.2, 0) is 4.74 Å². The van der Waals surface area contributed by atoms with Gasteiger partial charge < -0.3 is 14.6 Å². The third kappa shape index (κ3) is 2.24. The van der Waals surface area contributed by atoms with Crippen LogP contribution in [0, 0.1) is 5.92 Å². The topological polar surface area (TPSA) is 69.0 Å². The van der Waals surface area contributed by atoms with Gasteiger partial charge >= 0.3 is 0 Å². The smallest absolute Gasteiger partial charge is 0.253 e. The second kappa shape index (κ2) is 5.55. The molecule has 3 atom stereocenters. The van der Waals surface area contributed by atoms with Crippen LogP contribution in [0.4, 0.5) is 0 Å². The van der Waals surface area contributed by atoms with Gasteiger partial charge in [-0.15, -0.1) is 0 Å². The predicted molar refractivity (Wildman–Crippen MR) is 88.8 cm³/mol. The summed E-state index contributed by atoms with van der Waals surface area (Å²) in [5, 5.41) is 3.14. The molecule has 1 saturated heterocycles. The van der Waals surface area contributed by atoms with Gasteiger partial charge in [-0.25, -0.2) is 9.97 Å². The van der Waals surface area contributed by atoms with Crippen LogP contribution in [0.25, 0.3) is 11.2 Å². The number of aromatic nitrogens is 3. The number of rotatable bonds is 3. The van der Waals surface area contributed by atoms with Crippen molar-refractivity contribution in [3.05, 3.63) is 24.2 Å². The Labute approximate surface area is 140 Å². The number of pyridine rings is 1. The molecule has 3 aliphatic rings. The van der Waals surface area contributed by atoms with Crippen LogP contribution in [-0.4, -0.2) is 39.2 Å². The predicted octanol–water partition coefficient (Wildman–Crippen LogP) is 2.45. The van der Waals surface area contributed by atoms with E-state index in [1.165, 1.54) is 25.7 Å². The SMILES string of the molecule is O=C(N[C@@H]1C[C@H]2OCC[C@@H]12)c1cnc2c(c1)ncn2C1CCCC1. The number of hydrogen-bond donors (Lipinski definition) is 1. The van der Waals surface area contributed by atoms with Gasteiger partial charge in [0.1, 0.15) is 5.52 Å². The van der Waals surface area contributed by atoms with Gasteiger partial charge in [-0.1, -0.05) is 12.8 Å². The number of nitrogens with zero attached hydrogens (tertiary/aromatic N) is 3. The Hall–Kier alpha value is -1.95. The van der Waals surface area contributed by atoms with Crippen molar-refractivity contribution in [2.45, 2.75) is 56.7 Å². The molecule has 3 fully saturated rings. The maximum atomic E-state index is 12.5. The molecule has 6 nitrogen and oxygen atoms in total. The molecule has 3 heterocycles. The summed E-state index contributed by atoms with van der Waals surface area (Å²) < 4.78 is 7.78. The molecular formula is C18H22N4O2. The lowest BCUT2D eigenvalue weighted by Crippen LogP contribution is -2.53. The van der Waals surface area contributed by atoms with Gasteiger partial charge in [0.05, 0.1) is 18.0 Å². The standard InChI is InChI=1S/C18H22N4O2/c23-18(21-14-8-16-13(14)5-6-24-16)11-7-15-17(19-9-11)22(10-20-15)12-3-1-2-4-12/h7,9-10,12-14,16H,1-6,8H2,(H,21,23)/t13-,14+,16+/m0/s1. The molecule has 1 aliphatic heterocycles. The molecule has 2 aromatic rings. The molecule has 0 spiro atoms. The average Bonchev–Trinajstić information content (AvgIpc) is 3.30. The average molecular weight is 326 g/mol. The molecule has 24 heavy (non-hydrogen) atoms. The highest BCUT2D eigenvalue weighted by atomic mass is 16.5. The fraction of sp³-hybridized carbons (Fsp3) is 0.611. The molecule has 5 rings (SSSR count). The number of carbonyl (C=O) groups excluding carboxylic acids is 1. The number of hydrogen-bond acceptors (Lipinski definition) is 4. The minimum atomic E-state index is -0.0461. The van der Waals surface area contributed by atoms with Crippen LogP contribution in [0.1, 0.15) is 54.9 Å². The van der Waals surface area contributed by atoms with E-state index in [0.717, 1.165) is 30.6 Å². The van der Waals surface area contributed by atoms with Gasteiger partial charge in [0, 0.05) is 30.8 Å². The maximum Gasteiger partial charge on any atom is 0.253 e. The Morgan fingerprint density at radius 1 is 1.25 bits per heavy atom. The molecule has 2 aliphatic carbocycles. The number of amides is 1. The van der Waals surface area contributed by atoms with Crippen molar-refractivity contribution in [3.8, 4) is 0 Å². The zero-order valence-corrected chi connectivity index (χ0v) is 13.6. The molecule has 0 aromatic carbocycles. The minimum absolute atomic E-state index is 0.0461. The van der Waals surface area contributed by atoms with E-state index >= 15 is 0 Å². The number of ether oxygens (including phenoxy) is 1. The number of fused-ring (bicyclic) bond motifs is 2. The summed E-state index contributed by atoms with van der Waals surface area (Å²) in [5.41, 5.74) is 2.30. The van der Waals surface area contributed by atoms with Crippen LogP contribution in [0.5, 0.6) is 0 Å². The lowest BCUT2D eigenvalue weighted by Gasteiger charge is -2.39. The van der Waals surface area contributed by atoms with E-state index in [1.807, 2.05) is 12.4 Å². The Bertz CT molecular complexity index is 780. The van der Waals surface area contributed by atoms with Gasteiger partial charge in [-0.2, -0.15) is 0 Å². The molecule has 2 aromatic heterocycles. The van der Waals surface area contributed by atoms with Gasteiger partial charge in [0.25, 0.3) is 5.91 Å². The van der Waals surface area contributed by atoms with Crippen LogP contribution in [0.15, 0.2) is 18.6 Å². The van der Waals surface area contributed by atoms with E-state index < -0.39 is 0 Å². The van der Waals surface area contributed by atoms with Crippen molar-refractivity contribution >= 4 is 17.1 Å². The Kier molecular flexibility index (Phi) is 3.33. The Morgan fingerprint density at radius 3 is 2.96 bits per heavy atom. The first-order chi connectivity index (χ1) is 11.8. The molecule has 0 radical (unpaired) electrons. The van der Waals surface area contributed by atoms with E-state index in [-0.39, 0.29) is 11.9 Å². The van der Waals surface area contributed by atoms with Crippen LogP contribution in [0.3, 0.4) is 0 Å². The molecule has 0 bridgehead atoms. The first kappa shape index (κ1) is 14.4. The highest BCUT2D eigenvalue weighted by Gasteiger charge is 2.45. The normalized spacial score (nSPS) is 29.6. The first-order valence-corrected chi connectivity index (χ1v) is 9.04. The second-order valence-corrected chi connectivity index (χ2v) is 7.33. The summed E-state index contributed by atoms with van der Waals surface area (Å²) in [6.45, 7) is 0.827. The fourth-order valence-electron chi connectivity index (χ4n) is 4.51. The Morgan fingerprint density at radius 2 is 2.12 bits per heavy atom. The summed E-state index contributed by atoms with van der Waals surface area (Å²) in [7, 11) is 0. The summed E-state index contributed by atoms with van der Waals surface area (Å²) in [6, 6.07) is 2.62. The monoisotopic (exact) mass is 326 g/mol.